The van der Waals surface area contributed by atoms with Gasteiger partial charge in [-0.2, -0.15) is 0 Å². The van der Waals surface area contributed by atoms with Gasteiger partial charge in [-0.25, -0.2) is 9.78 Å². The molecule has 100 valence electrons. The van der Waals surface area contributed by atoms with Gasteiger partial charge in [-0.3, -0.25) is 0 Å². The molecule has 1 heterocycles. The minimum absolute atomic E-state index is 0.0703. The molecule has 2 unspecified atom stereocenters. The summed E-state index contributed by atoms with van der Waals surface area (Å²) in [6.45, 7) is 13.1. The summed E-state index contributed by atoms with van der Waals surface area (Å²) < 4.78 is 0. The molecule has 0 N–H and O–H groups in total. The highest BCUT2D eigenvalue weighted by Crippen LogP contribution is 2.47. The van der Waals surface area contributed by atoms with Gasteiger partial charge in [0.15, 0.2) is 5.60 Å². The van der Waals surface area contributed by atoms with E-state index in [2.05, 4.69) is 65.8 Å². The molecule has 1 aromatic carbocycles. The smallest absolute Gasteiger partial charge is 0.155 e. The fourth-order valence-electron chi connectivity index (χ4n) is 2.62. The van der Waals surface area contributed by atoms with Gasteiger partial charge in [0.25, 0.3) is 0 Å². The zero-order valence-electron chi connectivity index (χ0n) is 12.3. The molecular weight excluding hydrogens is 224 g/mol. The minimum Gasteiger partial charge on any atom is -0.228 e. The van der Waals surface area contributed by atoms with Crippen molar-refractivity contribution in [1.29, 1.82) is 0 Å². The predicted octanol–water partition coefficient (Wildman–Crippen LogP) is 4.40. The zero-order valence-corrected chi connectivity index (χ0v) is 12.3. The van der Waals surface area contributed by atoms with E-state index in [1.807, 2.05) is 0 Å². The molecule has 18 heavy (non-hydrogen) atoms. The average molecular weight is 248 g/mol. The Morgan fingerprint density at radius 1 is 1.22 bits per heavy atom. The van der Waals surface area contributed by atoms with Crippen molar-refractivity contribution in [3.8, 4) is 0 Å². The summed E-state index contributed by atoms with van der Waals surface area (Å²) in [5, 5.41) is 0. The molecule has 0 spiro atoms. The van der Waals surface area contributed by atoms with E-state index < -0.39 is 0 Å². The van der Waals surface area contributed by atoms with E-state index in [0.717, 1.165) is 0 Å². The first-order chi connectivity index (χ1) is 8.25. The van der Waals surface area contributed by atoms with Crippen LogP contribution in [-0.4, -0.2) is 6.10 Å². The molecule has 2 nitrogen and oxygen atoms in total. The molecule has 2 heteroatoms. The summed E-state index contributed by atoms with van der Waals surface area (Å²) in [5.74, 6) is 0.530. The van der Waals surface area contributed by atoms with Crippen molar-refractivity contribution in [3.63, 3.8) is 0 Å². The van der Waals surface area contributed by atoms with E-state index >= 15 is 0 Å². The van der Waals surface area contributed by atoms with Gasteiger partial charge in [0.05, 0.1) is 0 Å². The van der Waals surface area contributed by atoms with Gasteiger partial charge in [-0.1, -0.05) is 58.9 Å². The van der Waals surface area contributed by atoms with Crippen LogP contribution >= 0.6 is 0 Å². The Morgan fingerprint density at radius 2 is 1.89 bits per heavy atom. The number of benzene rings is 1. The Balaban J connectivity index is 2.34. The third-order valence-electron chi connectivity index (χ3n) is 3.73. The number of hydrogen-bond acceptors (Lipinski definition) is 2. The maximum absolute atomic E-state index is 5.48. The second-order valence-electron chi connectivity index (χ2n) is 6.81. The molecule has 0 bridgehead atoms. The van der Waals surface area contributed by atoms with Gasteiger partial charge in [0.2, 0.25) is 0 Å². The molecule has 1 aliphatic rings. The molecule has 1 aliphatic heterocycles. The second-order valence-corrected chi connectivity index (χ2v) is 6.81. The lowest BCUT2D eigenvalue weighted by atomic mass is 9.74. The highest BCUT2D eigenvalue weighted by atomic mass is 17.3. The monoisotopic (exact) mass is 248 g/mol. The van der Waals surface area contributed by atoms with E-state index in [1.165, 1.54) is 11.1 Å². The first-order valence-electron chi connectivity index (χ1n) is 6.70. The van der Waals surface area contributed by atoms with Crippen molar-refractivity contribution >= 4 is 0 Å². The topological polar surface area (TPSA) is 18.5 Å². The maximum Gasteiger partial charge on any atom is 0.155 e. The average Bonchev–Trinajstić information content (AvgIpc) is 2.24. The van der Waals surface area contributed by atoms with Crippen LogP contribution in [0.1, 0.15) is 58.6 Å². The zero-order chi connectivity index (χ0) is 13.6. The Hall–Kier alpha value is -0.860. The van der Waals surface area contributed by atoms with Crippen molar-refractivity contribution in [2.45, 2.75) is 59.2 Å². The van der Waals surface area contributed by atoms with Gasteiger partial charge in [0, 0.05) is 0 Å². The van der Waals surface area contributed by atoms with Gasteiger partial charge in [0.1, 0.15) is 6.10 Å². The standard InChI is InChI=1S/C16H24O2/c1-11(2)12-8-7-9-13(10-12)16(6)14(17-18-16)15(3,4)5/h7-11,14H,1-6H3. The lowest BCUT2D eigenvalue weighted by Gasteiger charge is -2.50. The molecule has 1 aromatic rings. The SMILES string of the molecule is CC(C)c1cccc(C2(C)OOC2C(C)(C)C)c1. The fraction of sp³-hybridized carbons (Fsp3) is 0.625. The molecule has 2 atom stereocenters. The van der Waals surface area contributed by atoms with E-state index in [0.29, 0.717) is 5.92 Å². The summed E-state index contributed by atoms with van der Waals surface area (Å²) in [6.07, 6.45) is 0.0902. The molecule has 0 aliphatic carbocycles. The van der Waals surface area contributed by atoms with Crippen molar-refractivity contribution in [3.05, 3.63) is 35.4 Å². The molecule has 2 rings (SSSR count). The van der Waals surface area contributed by atoms with Crippen molar-refractivity contribution in [2.24, 2.45) is 5.41 Å². The van der Waals surface area contributed by atoms with Crippen LogP contribution in [0, 0.1) is 5.41 Å². The predicted molar refractivity (Wildman–Crippen MR) is 73.3 cm³/mol. The lowest BCUT2D eigenvalue weighted by Crippen LogP contribution is -2.57. The Labute approximate surface area is 110 Å². The normalized spacial score (nSPS) is 28.3. The van der Waals surface area contributed by atoms with Crippen LogP contribution < -0.4 is 0 Å². The van der Waals surface area contributed by atoms with Crippen LogP contribution in [0.2, 0.25) is 0 Å². The van der Waals surface area contributed by atoms with Crippen LogP contribution in [0.5, 0.6) is 0 Å². The maximum atomic E-state index is 5.48. The summed E-state index contributed by atoms with van der Waals surface area (Å²) in [5.41, 5.74) is 2.29. The first kappa shape index (κ1) is 13.6. The van der Waals surface area contributed by atoms with Crippen molar-refractivity contribution in [2.75, 3.05) is 0 Å². The fourth-order valence-corrected chi connectivity index (χ4v) is 2.62. The van der Waals surface area contributed by atoms with Crippen LogP contribution in [0.3, 0.4) is 0 Å². The Bertz CT molecular complexity index is 431. The van der Waals surface area contributed by atoms with Crippen molar-refractivity contribution in [1.82, 2.24) is 0 Å². The molecule has 0 amide bonds. The van der Waals surface area contributed by atoms with Gasteiger partial charge in [-0.05, 0) is 29.4 Å². The van der Waals surface area contributed by atoms with Gasteiger partial charge < -0.3 is 0 Å². The summed E-state index contributed by atoms with van der Waals surface area (Å²) in [7, 11) is 0. The number of rotatable bonds is 2. The highest BCUT2D eigenvalue weighted by molar-refractivity contribution is 5.32. The first-order valence-corrected chi connectivity index (χ1v) is 6.70. The van der Waals surface area contributed by atoms with Crippen LogP contribution in [0.15, 0.2) is 24.3 Å². The summed E-state index contributed by atoms with van der Waals surface area (Å²) in [6, 6.07) is 8.65. The van der Waals surface area contributed by atoms with E-state index in [1.54, 1.807) is 0 Å². The van der Waals surface area contributed by atoms with Crippen LogP contribution in [0.25, 0.3) is 0 Å². The molecular formula is C16H24O2. The molecule has 1 fully saturated rings. The summed E-state index contributed by atoms with van der Waals surface area (Å²) in [4.78, 5) is 10.8. The highest BCUT2D eigenvalue weighted by Gasteiger charge is 2.54. The largest absolute Gasteiger partial charge is 0.228 e. The molecule has 0 saturated carbocycles. The number of hydrogen-bond donors (Lipinski definition) is 0. The quantitative estimate of drug-likeness (QED) is 0.722. The van der Waals surface area contributed by atoms with Gasteiger partial charge >= 0.3 is 0 Å². The second kappa shape index (κ2) is 4.36. The molecule has 1 saturated heterocycles. The van der Waals surface area contributed by atoms with Crippen molar-refractivity contribution < 1.29 is 9.78 Å². The third-order valence-corrected chi connectivity index (χ3v) is 3.73. The summed E-state index contributed by atoms with van der Waals surface area (Å²) >= 11 is 0. The van der Waals surface area contributed by atoms with Gasteiger partial charge in [-0.15, -0.1) is 0 Å². The van der Waals surface area contributed by atoms with Crippen LogP contribution in [0.4, 0.5) is 0 Å². The van der Waals surface area contributed by atoms with E-state index in [9.17, 15) is 0 Å². The Kier molecular flexibility index (Phi) is 3.28. The van der Waals surface area contributed by atoms with Crippen LogP contribution in [-0.2, 0) is 15.4 Å². The lowest BCUT2D eigenvalue weighted by molar-refractivity contribution is -0.529. The third kappa shape index (κ3) is 2.19. The Morgan fingerprint density at radius 3 is 2.33 bits per heavy atom. The molecule has 0 radical (unpaired) electrons. The van der Waals surface area contributed by atoms with E-state index in [-0.39, 0.29) is 17.1 Å². The molecule has 0 aromatic heterocycles. The van der Waals surface area contributed by atoms with E-state index in [4.69, 9.17) is 9.78 Å². The minimum atomic E-state index is -0.330.